The fourth-order valence-electron chi connectivity index (χ4n) is 2.58. The van der Waals surface area contributed by atoms with E-state index in [1.54, 1.807) is 0 Å². The standard InChI is InChI=1S/C11H16O5/c1-10(2)15-8-5-14-11(6-12)7(3-4-13-11)9(8)16-10/h3,8-9,12H,4-6H2,1-2H3/t8-,9+,11-/m1/s1. The molecule has 0 aliphatic carbocycles. The van der Waals surface area contributed by atoms with Gasteiger partial charge in [0.25, 0.3) is 0 Å². The third-order valence-corrected chi connectivity index (χ3v) is 3.24. The number of hydrogen-bond donors (Lipinski definition) is 1. The van der Waals surface area contributed by atoms with Crippen LogP contribution in [0.25, 0.3) is 0 Å². The molecule has 16 heavy (non-hydrogen) atoms. The van der Waals surface area contributed by atoms with Gasteiger partial charge in [-0.3, -0.25) is 0 Å². The molecule has 2 fully saturated rings. The number of aliphatic hydroxyl groups is 1. The molecular weight excluding hydrogens is 212 g/mol. The van der Waals surface area contributed by atoms with Crippen LogP contribution >= 0.6 is 0 Å². The summed E-state index contributed by atoms with van der Waals surface area (Å²) in [6.45, 7) is 4.39. The van der Waals surface area contributed by atoms with Crippen molar-refractivity contribution in [1.82, 2.24) is 0 Å². The van der Waals surface area contributed by atoms with Crippen molar-refractivity contribution in [3.8, 4) is 0 Å². The van der Waals surface area contributed by atoms with E-state index in [9.17, 15) is 5.11 Å². The molecular formula is C11H16O5. The lowest BCUT2D eigenvalue weighted by atomic mass is 9.95. The van der Waals surface area contributed by atoms with Gasteiger partial charge < -0.3 is 24.1 Å². The average Bonchev–Trinajstić information content (AvgIpc) is 2.76. The lowest BCUT2D eigenvalue weighted by Crippen LogP contribution is -2.52. The minimum Gasteiger partial charge on any atom is -0.390 e. The molecule has 0 amide bonds. The molecule has 0 aromatic heterocycles. The Labute approximate surface area is 93.9 Å². The van der Waals surface area contributed by atoms with Crippen molar-refractivity contribution in [3.63, 3.8) is 0 Å². The molecule has 0 spiro atoms. The first-order valence-corrected chi connectivity index (χ1v) is 5.51. The van der Waals surface area contributed by atoms with Crippen LogP contribution in [0.4, 0.5) is 0 Å². The zero-order chi connectivity index (χ0) is 11.4. The maximum Gasteiger partial charge on any atom is 0.217 e. The van der Waals surface area contributed by atoms with Gasteiger partial charge in [-0.15, -0.1) is 0 Å². The molecule has 0 aromatic rings. The summed E-state index contributed by atoms with van der Waals surface area (Å²) in [6.07, 6.45) is 1.64. The molecule has 5 heteroatoms. The first-order chi connectivity index (χ1) is 7.56. The Kier molecular flexibility index (Phi) is 2.18. The molecule has 3 atom stereocenters. The van der Waals surface area contributed by atoms with Gasteiger partial charge >= 0.3 is 0 Å². The lowest BCUT2D eigenvalue weighted by molar-refractivity contribution is -0.244. The Morgan fingerprint density at radius 3 is 2.94 bits per heavy atom. The van der Waals surface area contributed by atoms with Crippen molar-refractivity contribution in [2.75, 3.05) is 19.8 Å². The summed E-state index contributed by atoms with van der Waals surface area (Å²) in [5.74, 6) is -1.60. The van der Waals surface area contributed by atoms with E-state index in [4.69, 9.17) is 18.9 Å². The predicted molar refractivity (Wildman–Crippen MR) is 53.6 cm³/mol. The molecule has 3 aliphatic heterocycles. The number of hydrogen-bond acceptors (Lipinski definition) is 5. The van der Waals surface area contributed by atoms with Crippen molar-refractivity contribution < 1.29 is 24.1 Å². The summed E-state index contributed by atoms with van der Waals surface area (Å²) in [5.41, 5.74) is 0.858. The predicted octanol–water partition coefficient (Wildman–Crippen LogP) is 0.182. The van der Waals surface area contributed by atoms with Gasteiger partial charge in [-0.2, -0.15) is 0 Å². The van der Waals surface area contributed by atoms with E-state index in [0.29, 0.717) is 13.2 Å². The van der Waals surface area contributed by atoms with Crippen molar-refractivity contribution in [2.24, 2.45) is 0 Å². The van der Waals surface area contributed by atoms with E-state index in [2.05, 4.69) is 0 Å². The second-order valence-electron chi connectivity index (χ2n) is 4.79. The molecule has 3 aliphatic rings. The second kappa shape index (κ2) is 3.27. The van der Waals surface area contributed by atoms with Crippen LogP contribution in [0.1, 0.15) is 13.8 Å². The number of rotatable bonds is 1. The van der Waals surface area contributed by atoms with Gasteiger partial charge in [0.1, 0.15) is 18.8 Å². The van der Waals surface area contributed by atoms with Crippen LogP contribution in [0.5, 0.6) is 0 Å². The minimum absolute atomic E-state index is 0.109. The van der Waals surface area contributed by atoms with Crippen LogP contribution in [-0.4, -0.2) is 48.7 Å². The summed E-state index contributed by atoms with van der Waals surface area (Å²) >= 11 is 0. The van der Waals surface area contributed by atoms with Crippen LogP contribution in [0.3, 0.4) is 0 Å². The first kappa shape index (κ1) is 10.7. The monoisotopic (exact) mass is 228 g/mol. The Morgan fingerprint density at radius 2 is 2.19 bits per heavy atom. The SMILES string of the molecule is CC1(C)O[C@@H]2CO[C@@]3(CO)OCC=C3[C@@H]2O1. The lowest BCUT2D eigenvalue weighted by Gasteiger charge is -2.38. The molecule has 1 N–H and O–H groups in total. The zero-order valence-electron chi connectivity index (χ0n) is 9.43. The normalized spacial score (nSPS) is 45.1. The Balaban J connectivity index is 1.92. The summed E-state index contributed by atoms with van der Waals surface area (Å²) < 4.78 is 22.6. The molecule has 0 aromatic carbocycles. The van der Waals surface area contributed by atoms with Crippen LogP contribution in [0, 0.1) is 0 Å². The van der Waals surface area contributed by atoms with E-state index in [-0.39, 0.29) is 18.8 Å². The molecule has 2 saturated heterocycles. The van der Waals surface area contributed by atoms with Gasteiger partial charge in [-0.25, -0.2) is 0 Å². The van der Waals surface area contributed by atoms with E-state index >= 15 is 0 Å². The molecule has 3 rings (SSSR count). The summed E-state index contributed by atoms with van der Waals surface area (Å²) in [6, 6.07) is 0. The maximum absolute atomic E-state index is 9.41. The quantitative estimate of drug-likeness (QED) is 0.649. The number of fused-ring (bicyclic) bond motifs is 3. The molecule has 3 heterocycles. The van der Waals surface area contributed by atoms with Crippen LogP contribution in [0.15, 0.2) is 11.6 Å². The highest BCUT2D eigenvalue weighted by Crippen LogP contribution is 2.43. The molecule has 0 radical (unpaired) electrons. The smallest absolute Gasteiger partial charge is 0.217 e. The zero-order valence-corrected chi connectivity index (χ0v) is 9.43. The summed E-state index contributed by atoms with van der Waals surface area (Å²) in [5, 5.41) is 9.41. The van der Waals surface area contributed by atoms with E-state index in [0.717, 1.165) is 5.57 Å². The number of aliphatic hydroxyl groups excluding tert-OH is 1. The average molecular weight is 228 g/mol. The summed E-state index contributed by atoms with van der Waals surface area (Å²) in [4.78, 5) is 0. The molecule has 0 saturated carbocycles. The second-order valence-corrected chi connectivity index (χ2v) is 4.79. The number of ether oxygens (including phenoxy) is 4. The van der Waals surface area contributed by atoms with Gasteiger partial charge in [0.15, 0.2) is 5.79 Å². The van der Waals surface area contributed by atoms with E-state index < -0.39 is 11.6 Å². The van der Waals surface area contributed by atoms with Crippen molar-refractivity contribution >= 4 is 0 Å². The Morgan fingerprint density at radius 1 is 1.38 bits per heavy atom. The van der Waals surface area contributed by atoms with Gasteiger partial charge in [-0.1, -0.05) is 6.08 Å². The van der Waals surface area contributed by atoms with Crippen LogP contribution in [-0.2, 0) is 18.9 Å². The Hall–Kier alpha value is -0.460. The van der Waals surface area contributed by atoms with Gasteiger partial charge in [-0.05, 0) is 13.8 Å². The van der Waals surface area contributed by atoms with Crippen LogP contribution in [0.2, 0.25) is 0 Å². The first-order valence-electron chi connectivity index (χ1n) is 5.51. The van der Waals surface area contributed by atoms with Crippen molar-refractivity contribution in [2.45, 2.75) is 37.6 Å². The fraction of sp³-hybridized carbons (Fsp3) is 0.818. The third-order valence-electron chi connectivity index (χ3n) is 3.24. The topological polar surface area (TPSA) is 57.2 Å². The summed E-state index contributed by atoms with van der Waals surface area (Å²) in [7, 11) is 0. The molecule has 5 nitrogen and oxygen atoms in total. The molecule has 90 valence electrons. The van der Waals surface area contributed by atoms with E-state index in [1.165, 1.54) is 0 Å². The van der Waals surface area contributed by atoms with Crippen molar-refractivity contribution in [3.05, 3.63) is 11.6 Å². The van der Waals surface area contributed by atoms with Crippen molar-refractivity contribution in [1.29, 1.82) is 0 Å². The minimum atomic E-state index is -0.995. The van der Waals surface area contributed by atoms with Crippen LogP contribution < -0.4 is 0 Å². The Bertz CT molecular complexity index is 337. The largest absolute Gasteiger partial charge is 0.390 e. The molecule has 0 bridgehead atoms. The highest BCUT2D eigenvalue weighted by molar-refractivity contribution is 5.27. The van der Waals surface area contributed by atoms with Gasteiger partial charge in [0.2, 0.25) is 5.79 Å². The van der Waals surface area contributed by atoms with Gasteiger partial charge in [0.05, 0.1) is 13.2 Å². The van der Waals surface area contributed by atoms with E-state index in [1.807, 2.05) is 19.9 Å². The fourth-order valence-corrected chi connectivity index (χ4v) is 2.58. The van der Waals surface area contributed by atoms with Gasteiger partial charge in [0, 0.05) is 5.57 Å². The highest BCUT2D eigenvalue weighted by Gasteiger charge is 2.56. The highest BCUT2D eigenvalue weighted by atomic mass is 16.8. The third kappa shape index (κ3) is 1.36. The maximum atomic E-state index is 9.41. The molecule has 0 unspecified atom stereocenters.